The van der Waals surface area contributed by atoms with Crippen LogP contribution in [0.4, 0.5) is 18.9 Å². The number of nitrogens with zero attached hydrogens (tertiary/aromatic N) is 2. The summed E-state index contributed by atoms with van der Waals surface area (Å²) in [6.07, 6.45) is -1.50. The Morgan fingerprint density at radius 2 is 2.08 bits per heavy atom. The summed E-state index contributed by atoms with van der Waals surface area (Å²) in [6, 6.07) is 5.36. The van der Waals surface area contributed by atoms with Gasteiger partial charge in [-0.1, -0.05) is 32.6 Å². The van der Waals surface area contributed by atoms with Gasteiger partial charge in [0, 0.05) is 12.7 Å². The van der Waals surface area contributed by atoms with Gasteiger partial charge in [0.2, 0.25) is 5.95 Å². The third kappa shape index (κ3) is 2.91. The molecule has 0 fully saturated rings. The van der Waals surface area contributed by atoms with Crippen LogP contribution in [-0.4, -0.2) is 15.7 Å². The lowest BCUT2D eigenvalue weighted by Gasteiger charge is -2.34. The van der Waals surface area contributed by atoms with E-state index in [0.29, 0.717) is 16.8 Å². The highest BCUT2D eigenvalue weighted by Gasteiger charge is 2.32. The second-order valence-electron chi connectivity index (χ2n) is 7.12. The van der Waals surface area contributed by atoms with E-state index in [1.165, 1.54) is 7.05 Å². The lowest BCUT2D eigenvalue weighted by atomic mass is 9.70. The molecule has 0 spiro atoms. The van der Waals surface area contributed by atoms with E-state index in [0.717, 1.165) is 23.1 Å². The van der Waals surface area contributed by atoms with Gasteiger partial charge in [-0.15, -0.1) is 0 Å². The Bertz CT molecular complexity index is 900. The Kier molecular flexibility index (Phi) is 4.42. The van der Waals surface area contributed by atoms with Crippen molar-refractivity contribution in [2.75, 3.05) is 5.32 Å². The van der Waals surface area contributed by atoms with Gasteiger partial charge in [-0.2, -0.15) is 9.49 Å². The summed E-state index contributed by atoms with van der Waals surface area (Å²) < 4.78 is 41.0. The number of aromatic nitrogens is 2. The number of alkyl halides is 2. The smallest absolute Gasteiger partial charge is 0.283 e. The third-order valence-corrected chi connectivity index (χ3v) is 5.00. The van der Waals surface area contributed by atoms with Gasteiger partial charge < -0.3 is 5.32 Å². The summed E-state index contributed by atoms with van der Waals surface area (Å²) in [5.74, 6) is -2.03. The van der Waals surface area contributed by atoms with Crippen LogP contribution in [0.2, 0.25) is 0 Å². The van der Waals surface area contributed by atoms with Crippen LogP contribution in [0.5, 0.6) is 0 Å². The SMILES string of the molecule is C=C1c2cccc(NC(=O)c3c(C(F)F)nn(C)c3F)c2CCC1(C)C. The number of halogens is 3. The molecule has 1 N–H and O–H groups in total. The number of anilines is 1. The molecule has 4 nitrogen and oxygen atoms in total. The van der Waals surface area contributed by atoms with Gasteiger partial charge in [0.15, 0.2) is 0 Å². The van der Waals surface area contributed by atoms with Gasteiger partial charge in [0.25, 0.3) is 12.3 Å². The second-order valence-corrected chi connectivity index (χ2v) is 7.12. The molecule has 0 atom stereocenters. The van der Waals surface area contributed by atoms with E-state index < -0.39 is 29.5 Å². The standard InChI is InChI=1S/C19H20F3N3O/c1-10-11-6-5-7-13(12(11)8-9-19(10,2)3)23-18(26)14-15(16(20)21)24-25(4)17(14)22/h5-7,16H,1,8-9H2,2-4H3,(H,23,26). The Morgan fingerprint density at radius 3 is 2.73 bits per heavy atom. The Labute approximate surface area is 149 Å². The topological polar surface area (TPSA) is 46.9 Å². The average molecular weight is 363 g/mol. The molecule has 1 aromatic heterocycles. The molecule has 0 aliphatic heterocycles. The van der Waals surface area contributed by atoms with Gasteiger partial charge >= 0.3 is 0 Å². The van der Waals surface area contributed by atoms with Gasteiger partial charge in [-0.05, 0) is 41.0 Å². The molecule has 1 aliphatic rings. The zero-order valence-corrected chi connectivity index (χ0v) is 14.9. The van der Waals surface area contributed by atoms with E-state index in [4.69, 9.17) is 0 Å². The Morgan fingerprint density at radius 1 is 1.38 bits per heavy atom. The Balaban J connectivity index is 1.98. The molecule has 0 bridgehead atoms. The minimum Gasteiger partial charge on any atom is -0.322 e. The molecule has 26 heavy (non-hydrogen) atoms. The molecule has 3 rings (SSSR count). The zero-order valence-electron chi connectivity index (χ0n) is 14.9. The van der Waals surface area contributed by atoms with E-state index in [1.807, 2.05) is 6.07 Å². The van der Waals surface area contributed by atoms with Crippen LogP contribution in [0, 0.1) is 11.4 Å². The van der Waals surface area contributed by atoms with Crippen LogP contribution in [0.3, 0.4) is 0 Å². The fraction of sp³-hybridized carbons (Fsp3) is 0.368. The van der Waals surface area contributed by atoms with Crippen molar-refractivity contribution >= 4 is 17.2 Å². The van der Waals surface area contributed by atoms with Crippen molar-refractivity contribution < 1.29 is 18.0 Å². The molecule has 1 amide bonds. The first-order valence-corrected chi connectivity index (χ1v) is 8.27. The molecular formula is C19H20F3N3O. The van der Waals surface area contributed by atoms with Crippen molar-refractivity contribution in [3.63, 3.8) is 0 Å². The number of nitrogens with one attached hydrogen (secondary N) is 1. The van der Waals surface area contributed by atoms with E-state index in [-0.39, 0.29) is 5.41 Å². The maximum absolute atomic E-state index is 14.1. The molecule has 7 heteroatoms. The fourth-order valence-corrected chi connectivity index (χ4v) is 3.28. The largest absolute Gasteiger partial charge is 0.322 e. The molecular weight excluding hydrogens is 343 g/mol. The maximum atomic E-state index is 14.1. The van der Waals surface area contributed by atoms with Crippen molar-refractivity contribution in [3.8, 4) is 0 Å². The zero-order chi connectivity index (χ0) is 19.2. The van der Waals surface area contributed by atoms with Gasteiger partial charge in [0.1, 0.15) is 11.3 Å². The van der Waals surface area contributed by atoms with E-state index >= 15 is 0 Å². The molecule has 138 valence electrons. The first kappa shape index (κ1) is 18.2. The van der Waals surface area contributed by atoms with Crippen LogP contribution in [-0.2, 0) is 13.5 Å². The van der Waals surface area contributed by atoms with Crippen molar-refractivity contribution in [1.29, 1.82) is 0 Å². The first-order valence-electron chi connectivity index (χ1n) is 8.27. The summed E-state index contributed by atoms with van der Waals surface area (Å²) in [4.78, 5) is 12.5. The highest BCUT2D eigenvalue weighted by molar-refractivity contribution is 6.06. The lowest BCUT2D eigenvalue weighted by Crippen LogP contribution is -2.23. The summed E-state index contributed by atoms with van der Waals surface area (Å²) in [6.45, 7) is 8.36. The van der Waals surface area contributed by atoms with Gasteiger partial charge in [-0.3, -0.25) is 4.79 Å². The highest BCUT2D eigenvalue weighted by atomic mass is 19.3. The number of carbonyl (C=O) groups is 1. The predicted octanol–water partition coefficient (Wildman–Crippen LogP) is 4.73. The summed E-state index contributed by atoms with van der Waals surface area (Å²) in [7, 11) is 1.18. The number of aryl methyl sites for hydroxylation is 1. The van der Waals surface area contributed by atoms with Crippen molar-refractivity contribution in [3.05, 3.63) is 53.1 Å². The van der Waals surface area contributed by atoms with E-state index in [1.54, 1.807) is 12.1 Å². The third-order valence-electron chi connectivity index (χ3n) is 5.00. The maximum Gasteiger partial charge on any atom is 0.283 e. The Hall–Kier alpha value is -2.57. The number of amides is 1. The van der Waals surface area contributed by atoms with E-state index in [2.05, 4.69) is 30.8 Å². The summed E-state index contributed by atoms with van der Waals surface area (Å²) in [5.41, 5.74) is 1.59. The number of hydrogen-bond acceptors (Lipinski definition) is 2. The van der Waals surface area contributed by atoms with Crippen LogP contribution in [0.15, 0.2) is 24.8 Å². The number of fused-ring (bicyclic) bond motifs is 1. The molecule has 2 aromatic rings. The molecule has 0 radical (unpaired) electrons. The minimum atomic E-state index is -3.04. The highest BCUT2D eigenvalue weighted by Crippen LogP contribution is 2.45. The quantitative estimate of drug-likeness (QED) is 0.857. The van der Waals surface area contributed by atoms with Gasteiger partial charge in [-0.25, -0.2) is 13.5 Å². The van der Waals surface area contributed by atoms with Crippen LogP contribution in [0.1, 0.15) is 53.9 Å². The average Bonchev–Trinajstić information content (AvgIpc) is 2.87. The van der Waals surface area contributed by atoms with Crippen molar-refractivity contribution in [2.24, 2.45) is 12.5 Å². The first-order chi connectivity index (χ1) is 12.1. The minimum absolute atomic E-state index is 0.0616. The fourth-order valence-electron chi connectivity index (χ4n) is 3.28. The number of carbonyl (C=O) groups excluding carboxylic acids is 1. The van der Waals surface area contributed by atoms with E-state index in [9.17, 15) is 18.0 Å². The van der Waals surface area contributed by atoms with Crippen LogP contribution in [0.25, 0.3) is 5.57 Å². The number of allylic oxidation sites excluding steroid dienone is 1. The lowest BCUT2D eigenvalue weighted by molar-refractivity contribution is 0.100. The van der Waals surface area contributed by atoms with Crippen molar-refractivity contribution in [1.82, 2.24) is 9.78 Å². The summed E-state index contributed by atoms with van der Waals surface area (Å²) in [5, 5.41) is 5.98. The van der Waals surface area contributed by atoms with Crippen LogP contribution >= 0.6 is 0 Å². The number of hydrogen-bond donors (Lipinski definition) is 1. The summed E-state index contributed by atoms with van der Waals surface area (Å²) >= 11 is 0. The number of rotatable bonds is 3. The normalized spacial score (nSPS) is 15.9. The van der Waals surface area contributed by atoms with Crippen molar-refractivity contribution in [2.45, 2.75) is 33.1 Å². The monoisotopic (exact) mass is 363 g/mol. The molecule has 0 unspecified atom stereocenters. The second kappa shape index (κ2) is 6.30. The number of benzene rings is 1. The molecule has 1 aromatic carbocycles. The molecule has 0 saturated heterocycles. The predicted molar refractivity (Wildman–Crippen MR) is 93.7 cm³/mol. The van der Waals surface area contributed by atoms with Crippen LogP contribution < -0.4 is 5.32 Å². The molecule has 1 heterocycles. The van der Waals surface area contributed by atoms with Gasteiger partial charge in [0.05, 0.1) is 0 Å². The molecule has 1 aliphatic carbocycles. The molecule has 0 saturated carbocycles.